The predicted octanol–water partition coefficient (Wildman–Crippen LogP) is 2.14. The van der Waals surface area contributed by atoms with Crippen LogP contribution in [0.5, 0.6) is 0 Å². The maximum absolute atomic E-state index is 12.5. The third kappa shape index (κ3) is 4.66. The minimum atomic E-state index is -5.23. The molecule has 0 spiro atoms. The van der Waals surface area contributed by atoms with E-state index in [1.807, 2.05) is 0 Å². The van der Waals surface area contributed by atoms with E-state index in [1.165, 1.54) is 0 Å². The number of nitrogens with one attached hydrogen (secondary N) is 1. The summed E-state index contributed by atoms with van der Waals surface area (Å²) in [6.07, 6.45) is -10.5. The number of alkyl halides is 6. The summed E-state index contributed by atoms with van der Waals surface area (Å²) in [5, 5.41) is 0. The van der Waals surface area contributed by atoms with Crippen LogP contribution in [-0.2, 0) is 33.6 Å². The highest BCUT2D eigenvalue weighted by Crippen LogP contribution is 2.37. The van der Waals surface area contributed by atoms with Gasteiger partial charge in [-0.25, -0.2) is 12.6 Å². The molecule has 0 saturated heterocycles. The molecule has 0 aliphatic carbocycles. The van der Waals surface area contributed by atoms with Crippen molar-refractivity contribution in [1.82, 2.24) is 4.13 Å². The topological polar surface area (TPSA) is 83.5 Å². The maximum Gasteiger partial charge on any atom is 0.416 e. The van der Waals surface area contributed by atoms with Gasteiger partial charge in [0.1, 0.15) is 0 Å². The summed E-state index contributed by atoms with van der Waals surface area (Å²) in [6.45, 7) is 0. The molecule has 0 bridgehead atoms. The van der Waals surface area contributed by atoms with E-state index < -0.39 is 49.7 Å². The summed E-state index contributed by atoms with van der Waals surface area (Å²) in [5.41, 5.74) is -3.72. The number of hydrogen-bond acceptors (Lipinski definition) is 3. The first-order valence-corrected chi connectivity index (χ1v) is 7.25. The Morgan fingerprint density at radius 1 is 0.952 bits per heavy atom. The summed E-state index contributed by atoms with van der Waals surface area (Å²) in [6, 6.07) is -0.427. The summed E-state index contributed by atoms with van der Waals surface area (Å²) >= 11 is -3.19. The highest BCUT2D eigenvalue weighted by Gasteiger charge is 2.38. The van der Waals surface area contributed by atoms with E-state index in [1.54, 1.807) is 0 Å². The van der Waals surface area contributed by atoms with E-state index in [9.17, 15) is 39.0 Å². The van der Waals surface area contributed by atoms with Gasteiger partial charge in [0, 0.05) is 0 Å². The van der Waals surface area contributed by atoms with Crippen LogP contribution in [0.2, 0.25) is 0 Å². The molecule has 2 N–H and O–H groups in total. The number of hydrogen-bond donors (Lipinski definition) is 2. The molecule has 21 heavy (non-hydrogen) atoms. The lowest BCUT2D eigenvalue weighted by Crippen LogP contribution is -2.26. The minimum Gasteiger partial charge on any atom is -0.293 e. The average molecular weight is 357 g/mol. The minimum absolute atomic E-state index is 0.0789. The molecule has 1 atom stereocenters. The molecular weight excluding hydrogens is 352 g/mol. The van der Waals surface area contributed by atoms with Gasteiger partial charge in [-0.05, 0) is 18.2 Å². The lowest BCUT2D eigenvalue weighted by Gasteiger charge is -2.14. The molecule has 0 saturated carbocycles. The summed E-state index contributed by atoms with van der Waals surface area (Å²) in [4.78, 5) is -1.44. The fourth-order valence-corrected chi connectivity index (χ4v) is 2.92. The third-order valence-electron chi connectivity index (χ3n) is 2.05. The van der Waals surface area contributed by atoms with Gasteiger partial charge in [-0.2, -0.15) is 26.3 Å². The van der Waals surface area contributed by atoms with E-state index in [4.69, 9.17) is 4.55 Å². The average Bonchev–Trinajstić information content (AvgIpc) is 2.24. The predicted molar refractivity (Wildman–Crippen MR) is 57.5 cm³/mol. The molecule has 0 aliphatic heterocycles. The van der Waals surface area contributed by atoms with Crippen molar-refractivity contribution in [2.45, 2.75) is 17.2 Å². The molecule has 0 radical (unpaired) electrons. The van der Waals surface area contributed by atoms with Crippen LogP contribution in [-0.4, -0.2) is 17.2 Å². The molecule has 0 aromatic heterocycles. The lowest BCUT2D eigenvalue weighted by atomic mass is 10.1. The summed E-state index contributed by atoms with van der Waals surface area (Å²) < 4.78 is 117. The van der Waals surface area contributed by atoms with Crippen molar-refractivity contribution in [3.05, 3.63) is 29.3 Å². The van der Waals surface area contributed by atoms with Gasteiger partial charge in [0.15, 0.2) is 0 Å². The van der Waals surface area contributed by atoms with Crippen LogP contribution in [0.3, 0.4) is 0 Å². The Morgan fingerprint density at radius 2 is 1.33 bits per heavy atom. The SMILES string of the molecule is O=S(O)NS(=O)(=O)c1cc(C(F)(F)F)cc(C(F)(F)F)c1. The standard InChI is InChI=1S/C8H5F6NO4S2/c9-7(10,11)4-1-5(8(12,13)14)3-6(2-4)21(18,19)15-20(16)17/h1-3,15H,(H,16,17). The molecule has 1 aromatic carbocycles. The van der Waals surface area contributed by atoms with Crippen LogP contribution in [0.4, 0.5) is 26.3 Å². The van der Waals surface area contributed by atoms with E-state index in [0.717, 1.165) is 4.13 Å². The normalized spacial score (nSPS) is 15.0. The Kier molecular flexibility index (Phi) is 4.72. The second-order valence-corrected chi connectivity index (χ2v) is 6.22. The molecule has 1 aromatic rings. The van der Waals surface area contributed by atoms with Crippen LogP contribution in [0.15, 0.2) is 23.1 Å². The van der Waals surface area contributed by atoms with Crippen molar-refractivity contribution < 1.29 is 43.5 Å². The molecule has 1 rings (SSSR count). The number of sulfonamides is 1. The van der Waals surface area contributed by atoms with Gasteiger partial charge in [-0.1, -0.05) is 0 Å². The van der Waals surface area contributed by atoms with Crippen LogP contribution in [0.1, 0.15) is 11.1 Å². The van der Waals surface area contributed by atoms with Crippen LogP contribution in [0, 0.1) is 0 Å². The number of halogens is 6. The smallest absolute Gasteiger partial charge is 0.293 e. The monoisotopic (exact) mass is 357 g/mol. The van der Waals surface area contributed by atoms with Crippen LogP contribution in [0.25, 0.3) is 0 Å². The Labute approximate surface area is 116 Å². The third-order valence-corrected chi connectivity index (χ3v) is 4.36. The molecule has 13 heteroatoms. The largest absolute Gasteiger partial charge is 0.416 e. The van der Waals surface area contributed by atoms with E-state index in [2.05, 4.69) is 0 Å². The fourth-order valence-electron chi connectivity index (χ4n) is 1.22. The Hall–Kier alpha value is -1.18. The molecule has 5 nitrogen and oxygen atoms in total. The molecular formula is C8H5F6NO4S2. The van der Waals surface area contributed by atoms with Gasteiger partial charge in [-0.3, -0.25) is 4.55 Å². The quantitative estimate of drug-likeness (QED) is 0.641. The Morgan fingerprint density at radius 3 is 1.62 bits per heavy atom. The van der Waals surface area contributed by atoms with Crippen molar-refractivity contribution in [3.63, 3.8) is 0 Å². The number of rotatable bonds is 3. The highest BCUT2D eigenvalue weighted by atomic mass is 32.3. The van der Waals surface area contributed by atoms with Gasteiger partial charge in [0.2, 0.25) is 11.3 Å². The van der Waals surface area contributed by atoms with Crippen LogP contribution >= 0.6 is 0 Å². The van der Waals surface area contributed by atoms with Gasteiger partial charge in [0.05, 0.1) is 16.0 Å². The fraction of sp³-hybridized carbons (Fsp3) is 0.250. The van der Waals surface area contributed by atoms with Crippen molar-refractivity contribution >= 4 is 21.3 Å². The van der Waals surface area contributed by atoms with E-state index in [-0.39, 0.29) is 18.2 Å². The number of benzene rings is 1. The van der Waals surface area contributed by atoms with Gasteiger partial charge in [-0.15, -0.1) is 4.13 Å². The first-order chi connectivity index (χ1) is 9.23. The Balaban J connectivity index is 3.57. The van der Waals surface area contributed by atoms with E-state index in [0.29, 0.717) is 0 Å². The summed E-state index contributed by atoms with van der Waals surface area (Å²) in [7, 11) is -5.03. The molecule has 0 aliphatic rings. The molecule has 0 fully saturated rings. The van der Waals surface area contributed by atoms with Gasteiger partial charge in [0.25, 0.3) is 10.0 Å². The molecule has 120 valence electrons. The van der Waals surface area contributed by atoms with Gasteiger partial charge >= 0.3 is 12.4 Å². The summed E-state index contributed by atoms with van der Waals surface area (Å²) in [5.74, 6) is 0. The van der Waals surface area contributed by atoms with E-state index >= 15 is 0 Å². The highest BCUT2D eigenvalue weighted by molar-refractivity contribution is 8.00. The first kappa shape index (κ1) is 17.9. The second-order valence-electron chi connectivity index (χ2n) is 3.58. The zero-order chi connectivity index (χ0) is 16.6. The molecule has 0 heterocycles. The van der Waals surface area contributed by atoms with Gasteiger partial charge < -0.3 is 0 Å². The first-order valence-electron chi connectivity index (χ1n) is 4.66. The zero-order valence-corrected chi connectivity index (χ0v) is 11.1. The lowest BCUT2D eigenvalue weighted by molar-refractivity contribution is -0.143. The molecule has 0 amide bonds. The van der Waals surface area contributed by atoms with Crippen molar-refractivity contribution in [1.29, 1.82) is 0 Å². The van der Waals surface area contributed by atoms with Crippen molar-refractivity contribution in [2.24, 2.45) is 0 Å². The van der Waals surface area contributed by atoms with Crippen molar-refractivity contribution in [3.8, 4) is 0 Å². The van der Waals surface area contributed by atoms with Crippen molar-refractivity contribution in [2.75, 3.05) is 0 Å². The molecule has 1 unspecified atom stereocenters. The van der Waals surface area contributed by atoms with Crippen LogP contribution < -0.4 is 4.13 Å². The second kappa shape index (κ2) is 5.55. The Bertz CT molecular complexity index is 634. The zero-order valence-electron chi connectivity index (χ0n) is 9.49. The maximum atomic E-state index is 12.5.